The number of hydrogen-bond donors (Lipinski definition) is 1. The van der Waals surface area contributed by atoms with E-state index in [1.165, 1.54) is 11.6 Å². The molecule has 3 heterocycles. The molecule has 0 spiro atoms. The lowest BCUT2D eigenvalue weighted by Crippen LogP contribution is -2.50. The smallest absolute Gasteiger partial charge is 0.226 e. The second kappa shape index (κ2) is 7.00. The van der Waals surface area contributed by atoms with Gasteiger partial charge in [0.25, 0.3) is 0 Å². The number of hydrogen-bond acceptors (Lipinski definition) is 6. The van der Waals surface area contributed by atoms with Crippen molar-refractivity contribution < 1.29 is 14.3 Å². The van der Waals surface area contributed by atoms with E-state index < -0.39 is 5.43 Å². The fraction of sp³-hybridized carbons (Fsp3) is 0.421. The first-order chi connectivity index (χ1) is 12.2. The van der Waals surface area contributed by atoms with E-state index in [2.05, 4.69) is 34.1 Å². The van der Waals surface area contributed by atoms with E-state index in [-0.39, 0.29) is 11.9 Å². The number of aromatic hydroxyl groups is 1. The third-order valence-electron chi connectivity index (χ3n) is 4.97. The third kappa shape index (κ3) is 3.61. The lowest BCUT2D eigenvalue weighted by molar-refractivity contribution is -0.0504. The molecule has 0 bridgehead atoms. The largest absolute Gasteiger partial charge is 0.502 e. The Morgan fingerprint density at radius 2 is 2.00 bits per heavy atom. The molecule has 0 amide bonds. The zero-order chi connectivity index (χ0) is 17.2. The Hall–Kier alpha value is -2.15. The molecule has 4 rings (SSSR count). The van der Waals surface area contributed by atoms with Gasteiger partial charge in [0, 0.05) is 32.2 Å². The van der Waals surface area contributed by atoms with Gasteiger partial charge >= 0.3 is 0 Å². The van der Waals surface area contributed by atoms with Crippen molar-refractivity contribution in [2.75, 3.05) is 26.2 Å². The van der Waals surface area contributed by atoms with Gasteiger partial charge in [0.1, 0.15) is 12.0 Å². The number of nitrogens with zero attached hydrogens (tertiary/aromatic N) is 2. The van der Waals surface area contributed by atoms with Gasteiger partial charge in [0.15, 0.2) is 5.75 Å². The van der Waals surface area contributed by atoms with Crippen molar-refractivity contribution in [2.45, 2.75) is 25.2 Å². The average Bonchev–Trinajstić information content (AvgIpc) is 3.03. The van der Waals surface area contributed by atoms with E-state index in [4.69, 9.17) is 9.15 Å². The molecule has 2 atom stereocenters. The molecule has 0 saturated carbocycles. The summed E-state index contributed by atoms with van der Waals surface area (Å²) >= 11 is 0. The molecular formula is C19H22N2O4. The van der Waals surface area contributed by atoms with Crippen LogP contribution in [0.5, 0.6) is 5.75 Å². The minimum atomic E-state index is -0.403. The topological polar surface area (TPSA) is 66.2 Å². The molecule has 2 aromatic rings. The van der Waals surface area contributed by atoms with Gasteiger partial charge in [-0.05, 0) is 5.56 Å². The quantitative estimate of drug-likeness (QED) is 0.907. The van der Waals surface area contributed by atoms with Gasteiger partial charge < -0.3 is 14.3 Å². The van der Waals surface area contributed by atoms with Crippen molar-refractivity contribution >= 4 is 0 Å². The highest BCUT2D eigenvalue weighted by atomic mass is 16.5. The van der Waals surface area contributed by atoms with Crippen LogP contribution in [-0.2, 0) is 17.8 Å². The second-order valence-electron chi connectivity index (χ2n) is 6.72. The van der Waals surface area contributed by atoms with Crippen molar-refractivity contribution in [3.63, 3.8) is 0 Å². The SMILES string of the molecule is O=c1cc(CN2C[C@@H]3OCCN(Cc4ccccc4)[C@H]3C2)occ1O. The summed E-state index contributed by atoms with van der Waals surface area (Å²) in [6, 6.07) is 12.2. The molecule has 2 aliphatic heterocycles. The number of morpholine rings is 1. The Morgan fingerprint density at radius 1 is 1.16 bits per heavy atom. The maximum Gasteiger partial charge on any atom is 0.226 e. The third-order valence-corrected chi connectivity index (χ3v) is 4.97. The highest BCUT2D eigenvalue weighted by Gasteiger charge is 2.40. The van der Waals surface area contributed by atoms with Crippen LogP contribution in [0.3, 0.4) is 0 Å². The molecular weight excluding hydrogens is 320 g/mol. The van der Waals surface area contributed by atoms with Crippen LogP contribution >= 0.6 is 0 Å². The predicted octanol–water partition coefficient (Wildman–Crippen LogP) is 1.43. The van der Waals surface area contributed by atoms with E-state index in [0.717, 1.165) is 39.0 Å². The fourth-order valence-electron chi connectivity index (χ4n) is 3.72. The van der Waals surface area contributed by atoms with Crippen molar-refractivity contribution in [1.29, 1.82) is 0 Å². The molecule has 0 radical (unpaired) electrons. The molecule has 0 aliphatic carbocycles. The summed E-state index contributed by atoms with van der Waals surface area (Å²) in [5.74, 6) is 0.215. The summed E-state index contributed by atoms with van der Waals surface area (Å²) < 4.78 is 11.3. The molecule has 6 heteroatoms. The summed E-state index contributed by atoms with van der Waals surface area (Å²) in [5.41, 5.74) is 0.908. The Balaban J connectivity index is 1.43. The molecule has 1 aromatic carbocycles. The van der Waals surface area contributed by atoms with E-state index in [0.29, 0.717) is 18.3 Å². The first kappa shape index (κ1) is 16.3. The minimum absolute atomic E-state index is 0.182. The van der Waals surface area contributed by atoms with Crippen LogP contribution in [0.4, 0.5) is 0 Å². The maximum atomic E-state index is 11.6. The molecule has 132 valence electrons. The highest BCUT2D eigenvalue weighted by molar-refractivity contribution is 5.16. The van der Waals surface area contributed by atoms with Gasteiger partial charge in [0.05, 0.1) is 25.3 Å². The van der Waals surface area contributed by atoms with Crippen molar-refractivity contribution in [3.8, 4) is 5.75 Å². The van der Waals surface area contributed by atoms with Crippen molar-refractivity contribution in [3.05, 3.63) is 64.2 Å². The van der Waals surface area contributed by atoms with Crippen molar-refractivity contribution in [2.24, 2.45) is 0 Å². The van der Waals surface area contributed by atoms with Crippen molar-refractivity contribution in [1.82, 2.24) is 9.80 Å². The summed E-state index contributed by atoms with van der Waals surface area (Å²) in [7, 11) is 0. The van der Waals surface area contributed by atoms with E-state index in [9.17, 15) is 9.90 Å². The molecule has 2 saturated heterocycles. The zero-order valence-corrected chi connectivity index (χ0v) is 14.0. The van der Waals surface area contributed by atoms with Gasteiger partial charge in [-0.2, -0.15) is 0 Å². The molecule has 25 heavy (non-hydrogen) atoms. The van der Waals surface area contributed by atoms with Crippen LogP contribution in [0.2, 0.25) is 0 Å². The normalized spacial score (nSPS) is 24.3. The van der Waals surface area contributed by atoms with Gasteiger partial charge in [-0.1, -0.05) is 30.3 Å². The molecule has 0 unspecified atom stereocenters. The van der Waals surface area contributed by atoms with E-state index in [1.54, 1.807) is 0 Å². The van der Waals surface area contributed by atoms with E-state index in [1.807, 2.05) is 6.07 Å². The lowest BCUT2D eigenvalue weighted by Gasteiger charge is -2.37. The summed E-state index contributed by atoms with van der Waals surface area (Å²) in [4.78, 5) is 16.3. The first-order valence-corrected chi connectivity index (χ1v) is 8.61. The van der Waals surface area contributed by atoms with Gasteiger partial charge in [0.2, 0.25) is 5.43 Å². The molecule has 2 aliphatic rings. The molecule has 2 fully saturated rings. The molecule has 1 N–H and O–H groups in total. The molecule has 6 nitrogen and oxygen atoms in total. The number of fused-ring (bicyclic) bond motifs is 1. The highest BCUT2D eigenvalue weighted by Crippen LogP contribution is 2.25. The summed E-state index contributed by atoms with van der Waals surface area (Å²) in [5, 5.41) is 9.30. The van der Waals surface area contributed by atoms with Crippen LogP contribution in [0.25, 0.3) is 0 Å². The average molecular weight is 342 g/mol. The standard InChI is InChI=1S/C19H22N2O4/c22-17-8-15(25-13-18(17)23)10-20-11-16-19(12-20)24-7-6-21(16)9-14-4-2-1-3-5-14/h1-5,8,13,16,19,23H,6-7,9-12H2/t16-,19-/m0/s1. The van der Waals surface area contributed by atoms with Crippen LogP contribution in [0.15, 0.2) is 51.9 Å². The Bertz CT molecular complexity index is 776. The van der Waals surface area contributed by atoms with Gasteiger partial charge in [-0.25, -0.2) is 0 Å². The number of rotatable bonds is 4. The monoisotopic (exact) mass is 342 g/mol. The van der Waals surface area contributed by atoms with Gasteiger partial charge in [-0.15, -0.1) is 0 Å². The zero-order valence-electron chi connectivity index (χ0n) is 14.0. The Labute approximate surface area is 146 Å². The van der Waals surface area contributed by atoms with Crippen LogP contribution in [0, 0.1) is 0 Å². The van der Waals surface area contributed by atoms with Gasteiger partial charge in [-0.3, -0.25) is 14.6 Å². The lowest BCUT2D eigenvalue weighted by atomic mass is 10.1. The Kier molecular flexibility index (Phi) is 4.57. The maximum absolute atomic E-state index is 11.6. The number of ether oxygens (including phenoxy) is 1. The molecule has 1 aromatic heterocycles. The second-order valence-corrected chi connectivity index (χ2v) is 6.72. The minimum Gasteiger partial charge on any atom is -0.502 e. The summed E-state index contributed by atoms with van der Waals surface area (Å²) in [6.45, 7) is 4.84. The van der Waals surface area contributed by atoms with Crippen LogP contribution in [0.1, 0.15) is 11.3 Å². The predicted molar refractivity (Wildman–Crippen MR) is 92.3 cm³/mol. The fourth-order valence-corrected chi connectivity index (χ4v) is 3.72. The summed E-state index contributed by atoms with van der Waals surface area (Å²) in [6.07, 6.45) is 1.29. The number of benzene rings is 1. The number of likely N-dealkylation sites (tertiary alicyclic amines) is 1. The van der Waals surface area contributed by atoms with Crippen LogP contribution in [-0.4, -0.2) is 53.3 Å². The first-order valence-electron chi connectivity index (χ1n) is 8.61. The van der Waals surface area contributed by atoms with E-state index >= 15 is 0 Å². The van der Waals surface area contributed by atoms with Crippen LogP contribution < -0.4 is 5.43 Å². The Morgan fingerprint density at radius 3 is 2.80 bits per heavy atom.